The van der Waals surface area contributed by atoms with Crippen LogP contribution >= 0.6 is 11.6 Å². The normalized spacial score (nSPS) is 17.9. The van der Waals surface area contributed by atoms with Crippen LogP contribution in [-0.4, -0.2) is 19.8 Å². The van der Waals surface area contributed by atoms with Crippen molar-refractivity contribution >= 4 is 11.6 Å². The SMILES string of the molecule is CC(C)(NCCCC1(C#N)CCOCC1)c1cccc(Cl)c1. The summed E-state index contributed by atoms with van der Waals surface area (Å²) in [5.41, 5.74) is 0.876. The van der Waals surface area contributed by atoms with Crippen LogP contribution in [0.4, 0.5) is 0 Å². The Bertz CT molecular complexity index is 530. The minimum absolute atomic E-state index is 0.125. The maximum Gasteiger partial charge on any atom is 0.0691 e. The van der Waals surface area contributed by atoms with Crippen molar-refractivity contribution in [2.75, 3.05) is 19.8 Å². The van der Waals surface area contributed by atoms with Crippen LogP contribution in [0.2, 0.25) is 5.02 Å². The zero-order valence-electron chi connectivity index (χ0n) is 13.5. The number of nitrogens with one attached hydrogen (secondary N) is 1. The molecule has 1 saturated heterocycles. The number of hydrogen-bond donors (Lipinski definition) is 1. The number of benzene rings is 1. The monoisotopic (exact) mass is 320 g/mol. The van der Waals surface area contributed by atoms with Gasteiger partial charge in [-0.25, -0.2) is 0 Å². The first-order valence-electron chi connectivity index (χ1n) is 7.98. The van der Waals surface area contributed by atoms with Gasteiger partial charge in [-0.3, -0.25) is 0 Å². The molecule has 120 valence electrons. The van der Waals surface area contributed by atoms with E-state index in [0.717, 1.165) is 50.5 Å². The van der Waals surface area contributed by atoms with Gasteiger partial charge in [-0.15, -0.1) is 0 Å². The average molecular weight is 321 g/mol. The summed E-state index contributed by atoms with van der Waals surface area (Å²) in [6.07, 6.45) is 3.66. The highest BCUT2D eigenvalue weighted by atomic mass is 35.5. The second-order valence-corrected chi connectivity index (χ2v) is 7.11. The number of nitriles is 1. The first-order chi connectivity index (χ1) is 10.5. The molecule has 4 heteroatoms. The third-order valence-corrected chi connectivity index (χ3v) is 4.87. The summed E-state index contributed by atoms with van der Waals surface area (Å²) in [5.74, 6) is 0. The van der Waals surface area contributed by atoms with Gasteiger partial charge in [0.25, 0.3) is 0 Å². The Hall–Kier alpha value is -1.08. The van der Waals surface area contributed by atoms with Crippen molar-refractivity contribution in [3.8, 4) is 6.07 Å². The van der Waals surface area contributed by atoms with Gasteiger partial charge in [0.05, 0.1) is 11.5 Å². The predicted molar refractivity (Wildman–Crippen MR) is 89.8 cm³/mol. The van der Waals surface area contributed by atoms with E-state index >= 15 is 0 Å². The van der Waals surface area contributed by atoms with Crippen LogP contribution in [0.3, 0.4) is 0 Å². The second-order valence-electron chi connectivity index (χ2n) is 6.67. The van der Waals surface area contributed by atoms with Gasteiger partial charge < -0.3 is 10.1 Å². The fourth-order valence-corrected chi connectivity index (χ4v) is 3.18. The predicted octanol–water partition coefficient (Wildman–Crippen LogP) is 4.27. The van der Waals surface area contributed by atoms with E-state index in [1.54, 1.807) is 0 Å². The molecule has 0 saturated carbocycles. The highest BCUT2D eigenvalue weighted by Gasteiger charge is 2.32. The zero-order valence-corrected chi connectivity index (χ0v) is 14.2. The quantitative estimate of drug-likeness (QED) is 0.796. The van der Waals surface area contributed by atoms with E-state index < -0.39 is 0 Å². The van der Waals surface area contributed by atoms with E-state index in [4.69, 9.17) is 16.3 Å². The summed E-state index contributed by atoms with van der Waals surface area (Å²) in [7, 11) is 0. The third kappa shape index (κ3) is 4.46. The van der Waals surface area contributed by atoms with E-state index in [1.165, 1.54) is 5.56 Å². The summed E-state index contributed by atoms with van der Waals surface area (Å²) in [4.78, 5) is 0. The molecule has 1 heterocycles. The third-order valence-electron chi connectivity index (χ3n) is 4.63. The fourth-order valence-electron chi connectivity index (χ4n) is 2.99. The summed E-state index contributed by atoms with van der Waals surface area (Å²) in [6.45, 7) is 6.65. The maximum atomic E-state index is 9.47. The van der Waals surface area contributed by atoms with Crippen molar-refractivity contribution in [2.45, 2.75) is 45.1 Å². The Morgan fingerprint density at radius 3 is 2.73 bits per heavy atom. The lowest BCUT2D eigenvalue weighted by atomic mass is 9.78. The van der Waals surface area contributed by atoms with Crippen molar-refractivity contribution in [1.29, 1.82) is 5.26 Å². The fraction of sp³-hybridized carbons (Fsp3) is 0.611. The average Bonchev–Trinajstić information content (AvgIpc) is 2.53. The minimum atomic E-state index is -0.180. The molecule has 22 heavy (non-hydrogen) atoms. The van der Waals surface area contributed by atoms with Gasteiger partial charge in [-0.1, -0.05) is 23.7 Å². The second kappa shape index (κ2) is 7.46. The van der Waals surface area contributed by atoms with Gasteiger partial charge in [0.15, 0.2) is 0 Å². The van der Waals surface area contributed by atoms with E-state index in [9.17, 15) is 5.26 Å². The molecule has 0 amide bonds. The van der Waals surface area contributed by atoms with E-state index in [1.807, 2.05) is 18.2 Å². The van der Waals surface area contributed by atoms with Crippen LogP contribution in [0.5, 0.6) is 0 Å². The number of hydrogen-bond acceptors (Lipinski definition) is 3. The van der Waals surface area contributed by atoms with Crippen LogP contribution in [0, 0.1) is 16.7 Å². The highest BCUT2D eigenvalue weighted by molar-refractivity contribution is 6.30. The molecule has 2 rings (SSSR count). The van der Waals surface area contributed by atoms with Gasteiger partial charge in [-0.05, 0) is 63.8 Å². The van der Waals surface area contributed by atoms with Crippen molar-refractivity contribution in [3.63, 3.8) is 0 Å². The standard InChI is InChI=1S/C18H25ClN2O/c1-17(2,15-5-3-6-16(19)13-15)21-10-4-7-18(14-20)8-11-22-12-9-18/h3,5-6,13,21H,4,7-12H2,1-2H3. The lowest BCUT2D eigenvalue weighted by Crippen LogP contribution is -2.38. The number of rotatable bonds is 6. The van der Waals surface area contributed by atoms with Crippen molar-refractivity contribution < 1.29 is 4.74 Å². The van der Waals surface area contributed by atoms with Gasteiger partial charge in [0.2, 0.25) is 0 Å². The Balaban J connectivity index is 1.84. The van der Waals surface area contributed by atoms with Crippen LogP contribution in [0.1, 0.15) is 45.1 Å². The number of ether oxygens (including phenoxy) is 1. The summed E-state index contributed by atoms with van der Waals surface area (Å²) < 4.78 is 5.38. The van der Waals surface area contributed by atoms with Gasteiger partial charge >= 0.3 is 0 Å². The first-order valence-corrected chi connectivity index (χ1v) is 8.35. The molecular formula is C18H25ClN2O. The van der Waals surface area contributed by atoms with Crippen LogP contribution in [0.25, 0.3) is 0 Å². The molecule has 1 aliphatic heterocycles. The van der Waals surface area contributed by atoms with E-state index in [-0.39, 0.29) is 11.0 Å². The zero-order chi connectivity index (χ0) is 16.1. The molecule has 1 aliphatic rings. The summed E-state index contributed by atoms with van der Waals surface area (Å²) in [5, 5.41) is 13.8. The van der Waals surface area contributed by atoms with Gasteiger partial charge in [0.1, 0.15) is 0 Å². The van der Waals surface area contributed by atoms with Crippen LogP contribution < -0.4 is 5.32 Å². The van der Waals surface area contributed by atoms with Crippen LogP contribution in [0.15, 0.2) is 24.3 Å². The molecule has 0 bridgehead atoms. The Morgan fingerprint density at radius 2 is 2.09 bits per heavy atom. The molecule has 1 aromatic carbocycles. The molecule has 0 radical (unpaired) electrons. The lowest BCUT2D eigenvalue weighted by Gasteiger charge is -2.32. The number of halogens is 1. The molecule has 0 atom stereocenters. The Kier molecular flexibility index (Phi) is 5.86. The van der Waals surface area contributed by atoms with E-state index in [2.05, 4.69) is 31.3 Å². The van der Waals surface area contributed by atoms with Crippen molar-refractivity contribution in [1.82, 2.24) is 5.32 Å². The lowest BCUT2D eigenvalue weighted by molar-refractivity contribution is 0.0360. The molecule has 0 aromatic heterocycles. The molecule has 0 unspecified atom stereocenters. The van der Waals surface area contributed by atoms with Crippen molar-refractivity contribution in [3.05, 3.63) is 34.9 Å². The molecule has 0 aliphatic carbocycles. The van der Waals surface area contributed by atoms with Gasteiger partial charge in [0, 0.05) is 23.8 Å². The Morgan fingerprint density at radius 1 is 1.36 bits per heavy atom. The molecule has 0 spiro atoms. The van der Waals surface area contributed by atoms with Crippen LogP contribution in [-0.2, 0) is 10.3 Å². The van der Waals surface area contributed by atoms with Crippen molar-refractivity contribution in [2.24, 2.45) is 5.41 Å². The van der Waals surface area contributed by atoms with E-state index in [0.29, 0.717) is 0 Å². The smallest absolute Gasteiger partial charge is 0.0691 e. The topological polar surface area (TPSA) is 45.0 Å². The largest absolute Gasteiger partial charge is 0.381 e. The molecular weight excluding hydrogens is 296 g/mol. The first kappa shape index (κ1) is 17.3. The maximum absolute atomic E-state index is 9.47. The Labute approximate surface area is 138 Å². The summed E-state index contributed by atoms with van der Waals surface area (Å²) in [6, 6.07) is 10.5. The summed E-state index contributed by atoms with van der Waals surface area (Å²) >= 11 is 6.08. The molecule has 1 aromatic rings. The molecule has 3 nitrogen and oxygen atoms in total. The van der Waals surface area contributed by atoms with Gasteiger partial charge in [-0.2, -0.15) is 5.26 Å². The molecule has 1 N–H and O–H groups in total. The number of nitrogens with zero attached hydrogens (tertiary/aromatic N) is 1. The highest BCUT2D eigenvalue weighted by Crippen LogP contribution is 2.34. The molecule has 1 fully saturated rings. The minimum Gasteiger partial charge on any atom is -0.381 e.